The summed E-state index contributed by atoms with van der Waals surface area (Å²) in [4.78, 5) is 46.6. The fourth-order valence-corrected chi connectivity index (χ4v) is 13.0. The molecule has 2 unspecified atom stereocenters. The van der Waals surface area contributed by atoms with Crippen LogP contribution in [0.4, 0.5) is 11.4 Å². The number of methoxy groups -OCH3 is 2. The quantitative estimate of drug-likeness (QED) is 0.137. The van der Waals surface area contributed by atoms with Gasteiger partial charge in [0, 0.05) is 45.8 Å². The molecular formula is C45H76BaN6O12S2. The van der Waals surface area contributed by atoms with Gasteiger partial charge in [-0.15, -0.1) is 0 Å². The zero-order valence-corrected chi connectivity index (χ0v) is 46.0. The number of fused-ring (bicyclic) bond motifs is 4. The number of carbonyl (C=O) groups is 4. The first-order chi connectivity index (χ1) is 29.1. The van der Waals surface area contributed by atoms with Crippen molar-refractivity contribution in [1.29, 1.82) is 0 Å². The molecule has 6 rings (SSSR count). The summed E-state index contributed by atoms with van der Waals surface area (Å²) >= 11 is 0. The van der Waals surface area contributed by atoms with Gasteiger partial charge < -0.3 is 44.6 Å². The number of aromatic carboxylic acids is 1. The Morgan fingerprint density at radius 3 is 1.47 bits per heavy atom. The van der Waals surface area contributed by atoms with Gasteiger partial charge in [0.2, 0.25) is 20.0 Å². The van der Waals surface area contributed by atoms with Gasteiger partial charge in [-0.2, -0.15) is 8.61 Å². The molecule has 4 fully saturated rings. The molecule has 18 nitrogen and oxygen atoms in total. The molecule has 0 radical (unpaired) electrons. The zero-order valence-electron chi connectivity index (χ0n) is 42.0. The Hall–Kier alpha value is -2.77. The van der Waals surface area contributed by atoms with E-state index in [2.05, 4.69) is 67.0 Å². The number of amides is 1. The normalized spacial score (nSPS) is 25.0. The third kappa shape index (κ3) is 12.5. The standard InChI is InChI=1S/C22H33N3O5S.C12H16N2O6S.C10H19N.CH4.Ba.H2O.2H/c1-21(2)15-9-10-22(3,12-15)20(21)24-19(27)14-7-8-16(23-4)17(11-14)31(28,29)25(5)13-18(26)30-6;1-13-9-5-4-8(12(16)17)6-10(9)21(18,19)14(2)7-11(15)20-3;1-9(2)7-4-5-10(3,6-7)8(9)11;;;;;/h7-8,11,15,20,23H,9-10,12-13H2,1-6H3,(H,24,27);4-6,13H,7H2,1-3H3,(H,16,17);7-8H,4-6,11H2,1-3H3;1H4;;1H2;;/q;;;;+2;;2*-1/t15-,20?,22+;;7-,8?,10+;;;;;/m1.1...../s1. The van der Waals surface area contributed by atoms with Crippen LogP contribution in [0.15, 0.2) is 46.2 Å². The number of nitrogens with zero attached hydrogens (tertiary/aromatic N) is 2. The van der Waals surface area contributed by atoms with E-state index < -0.39 is 51.0 Å². The smallest absolute Gasteiger partial charge is 1.00 e. The van der Waals surface area contributed by atoms with Crippen molar-refractivity contribution in [3.8, 4) is 0 Å². The largest absolute Gasteiger partial charge is 2.00 e. The molecule has 2 aromatic rings. The molecule has 0 aliphatic heterocycles. The predicted octanol–water partition coefficient (Wildman–Crippen LogP) is 4.50. The van der Waals surface area contributed by atoms with E-state index in [4.69, 9.17) is 10.8 Å². The van der Waals surface area contributed by atoms with E-state index in [-0.39, 0.29) is 114 Å². The summed E-state index contributed by atoms with van der Waals surface area (Å²) in [5, 5.41) is 17.7. The molecule has 0 aromatic heterocycles. The van der Waals surface area contributed by atoms with Crippen LogP contribution in [0.1, 0.15) is 111 Å². The van der Waals surface area contributed by atoms with Crippen LogP contribution in [-0.2, 0) is 39.1 Å². The van der Waals surface area contributed by atoms with E-state index in [1.54, 1.807) is 19.2 Å². The summed E-state index contributed by atoms with van der Waals surface area (Å²) in [5.41, 5.74) is 7.85. The number of rotatable bonds is 13. The Kier molecular flexibility index (Phi) is 21.6. The van der Waals surface area contributed by atoms with Gasteiger partial charge in [-0.3, -0.25) is 14.4 Å². The third-order valence-electron chi connectivity index (χ3n) is 14.5. The van der Waals surface area contributed by atoms with Gasteiger partial charge in [0.25, 0.3) is 5.91 Å². The Morgan fingerprint density at radius 2 is 1.14 bits per heavy atom. The first-order valence-electron chi connectivity index (χ1n) is 21.1. The van der Waals surface area contributed by atoms with Crippen molar-refractivity contribution in [2.45, 2.75) is 109 Å². The van der Waals surface area contributed by atoms with Crippen LogP contribution >= 0.6 is 0 Å². The molecule has 4 aliphatic rings. The number of anilines is 2. The SMILES string of the molecule is C.CC1(C)C(N)[C@@]2(C)CC[C@@H]1C2.CNc1ccc(C(=O)NC2C(C)(C)[C@@H]3CC[C@@]2(C)C3)cc1S(=O)(=O)N(C)CC(=O)OC.CNc1ccc(C(=O)O)cc1S(=O)(=O)N(C)CC(=O)OC.O.[Ba+2].[H-].[H-]. The Balaban J connectivity index is 0. The number of esters is 2. The summed E-state index contributed by atoms with van der Waals surface area (Å²) in [5.74, 6) is -1.44. The van der Waals surface area contributed by atoms with Crippen LogP contribution in [0.2, 0.25) is 0 Å². The van der Waals surface area contributed by atoms with E-state index in [0.29, 0.717) is 28.5 Å². The zero-order chi connectivity index (χ0) is 47.7. The molecule has 0 saturated heterocycles. The minimum Gasteiger partial charge on any atom is -1.00 e. The molecule has 4 saturated carbocycles. The molecule has 4 aliphatic carbocycles. The molecule has 372 valence electrons. The number of nitrogens with one attached hydrogen (secondary N) is 3. The monoisotopic (exact) mass is 1090 g/mol. The summed E-state index contributed by atoms with van der Waals surface area (Å²) in [7, 11) is -0.0918. The first kappa shape index (κ1) is 61.2. The molecule has 66 heavy (non-hydrogen) atoms. The van der Waals surface area contributed by atoms with E-state index in [1.807, 2.05) is 0 Å². The van der Waals surface area contributed by atoms with E-state index in [0.717, 1.165) is 40.5 Å². The number of likely N-dealkylation sites (N-methyl/N-ethyl adjacent to an activating group) is 2. The van der Waals surface area contributed by atoms with Gasteiger partial charge >= 0.3 is 66.8 Å². The maximum absolute atomic E-state index is 13.2. The van der Waals surface area contributed by atoms with Crippen molar-refractivity contribution >= 4 is 104 Å². The van der Waals surface area contributed by atoms with E-state index in [9.17, 15) is 36.0 Å². The third-order valence-corrected chi connectivity index (χ3v) is 18.2. The second kappa shape index (κ2) is 23.2. The van der Waals surface area contributed by atoms with Crippen LogP contribution in [0, 0.1) is 33.5 Å². The first-order valence-corrected chi connectivity index (χ1v) is 23.9. The molecule has 8 N–H and O–H groups in total. The molecule has 21 heteroatoms. The maximum atomic E-state index is 13.2. The van der Waals surface area contributed by atoms with Gasteiger partial charge in [0.1, 0.15) is 22.9 Å². The van der Waals surface area contributed by atoms with Crippen molar-refractivity contribution in [3.63, 3.8) is 0 Å². The number of sulfonamides is 2. The number of ether oxygens (including phenoxy) is 2. The number of hydrogen-bond donors (Lipinski definition) is 5. The van der Waals surface area contributed by atoms with Crippen LogP contribution in [0.5, 0.6) is 0 Å². The average Bonchev–Trinajstić information content (AvgIpc) is 3.94. The number of hydrogen-bond acceptors (Lipinski definition) is 13. The van der Waals surface area contributed by atoms with Crippen molar-refractivity contribution < 1.29 is 58.9 Å². The number of carboxylic acid groups (broad SMARTS) is 1. The molecule has 1 amide bonds. The topological polar surface area (TPSA) is 275 Å². The second-order valence-electron chi connectivity index (χ2n) is 19.1. The number of carboxylic acids is 1. The van der Waals surface area contributed by atoms with E-state index >= 15 is 0 Å². The fourth-order valence-electron chi connectivity index (χ4n) is 10.4. The predicted molar refractivity (Wildman–Crippen MR) is 259 cm³/mol. The Morgan fingerprint density at radius 1 is 0.742 bits per heavy atom. The van der Waals surface area contributed by atoms with Gasteiger partial charge in [-0.25, -0.2) is 21.6 Å². The molecule has 6 atom stereocenters. The van der Waals surface area contributed by atoms with E-state index in [1.165, 1.54) is 72.1 Å². The second-order valence-corrected chi connectivity index (χ2v) is 23.1. The fraction of sp³-hybridized carbons (Fsp3) is 0.644. The Labute approximate surface area is 435 Å². The van der Waals surface area contributed by atoms with Crippen molar-refractivity contribution in [2.24, 2.45) is 39.2 Å². The van der Waals surface area contributed by atoms with Crippen LogP contribution < -0.4 is 21.7 Å². The molecule has 0 heterocycles. The molecule has 4 bridgehead atoms. The van der Waals surface area contributed by atoms with Gasteiger partial charge in [0.05, 0.1) is 31.2 Å². The average molecular weight is 1090 g/mol. The van der Waals surface area contributed by atoms with Gasteiger partial charge in [-0.1, -0.05) is 49.0 Å². The summed E-state index contributed by atoms with van der Waals surface area (Å²) in [6.45, 7) is 12.8. The number of carbonyl (C=O) groups excluding carboxylic acids is 3. The van der Waals surface area contributed by atoms with Crippen molar-refractivity contribution in [3.05, 3.63) is 47.5 Å². The van der Waals surface area contributed by atoms with Crippen LogP contribution in [0.25, 0.3) is 0 Å². The minimum atomic E-state index is -4.04. The molecule has 2 aromatic carbocycles. The number of benzene rings is 2. The summed E-state index contributed by atoms with van der Waals surface area (Å²) in [6, 6.07) is 8.69. The molecule has 0 spiro atoms. The maximum Gasteiger partial charge on any atom is 2.00 e. The van der Waals surface area contributed by atoms with Crippen LogP contribution in [0.3, 0.4) is 0 Å². The van der Waals surface area contributed by atoms with Crippen LogP contribution in [-0.4, -0.2) is 176 Å². The minimum absolute atomic E-state index is 0. The van der Waals surface area contributed by atoms with Gasteiger partial charge in [0.15, 0.2) is 0 Å². The summed E-state index contributed by atoms with van der Waals surface area (Å²) in [6.07, 6.45) is 7.52. The molecular weight excluding hydrogens is 1020 g/mol. The van der Waals surface area contributed by atoms with Crippen molar-refractivity contribution in [1.82, 2.24) is 13.9 Å². The summed E-state index contributed by atoms with van der Waals surface area (Å²) < 4.78 is 61.7. The number of nitrogens with two attached hydrogens (primary N) is 1. The Bertz CT molecular complexity index is 2300. The van der Waals surface area contributed by atoms with Crippen molar-refractivity contribution in [2.75, 3.05) is 66.1 Å². The van der Waals surface area contributed by atoms with Gasteiger partial charge in [-0.05, 0) is 108 Å².